The first-order valence-electron chi connectivity index (χ1n) is 17.3. The molecule has 0 spiro atoms. The summed E-state index contributed by atoms with van der Waals surface area (Å²) in [5.41, 5.74) is 7.39. The summed E-state index contributed by atoms with van der Waals surface area (Å²) in [7, 11) is 0. The number of rotatable bonds is 21. The van der Waals surface area contributed by atoms with Gasteiger partial charge in [0.2, 0.25) is 0 Å². The highest BCUT2D eigenvalue weighted by Crippen LogP contribution is 2.30. The van der Waals surface area contributed by atoms with Crippen LogP contribution in [0.4, 0.5) is 0 Å². The molecule has 0 aliphatic rings. The number of ether oxygens (including phenoxy) is 3. The highest BCUT2D eigenvalue weighted by atomic mass is 16.5. The first-order chi connectivity index (χ1) is 22.5. The summed E-state index contributed by atoms with van der Waals surface area (Å²) in [6, 6.07) is 35.6. The average molecular weight is 623 g/mol. The van der Waals surface area contributed by atoms with Crippen LogP contribution in [-0.2, 0) is 52.7 Å². The molecular weight excluding hydrogens is 568 g/mol. The Bertz CT molecular complexity index is 1370. The van der Waals surface area contributed by atoms with Gasteiger partial charge in [0, 0.05) is 26.2 Å². The van der Waals surface area contributed by atoms with Crippen LogP contribution in [0.15, 0.2) is 103 Å². The molecule has 46 heavy (non-hydrogen) atoms. The van der Waals surface area contributed by atoms with Crippen LogP contribution in [0.25, 0.3) is 0 Å². The maximum Gasteiger partial charge on any atom is 0.119 e. The Kier molecular flexibility index (Phi) is 15.3. The Morgan fingerprint density at radius 2 is 0.826 bits per heavy atom. The van der Waals surface area contributed by atoms with E-state index in [1.807, 2.05) is 6.07 Å². The fraction of sp³-hybridized carbons (Fsp3) is 0.429. The number of benzene rings is 4. The minimum atomic E-state index is -0.00979. The van der Waals surface area contributed by atoms with Crippen molar-refractivity contribution in [1.29, 1.82) is 0 Å². The normalized spacial score (nSPS) is 13.4. The van der Waals surface area contributed by atoms with E-state index in [9.17, 15) is 5.11 Å². The number of hydrogen-bond acceptors (Lipinski definition) is 4. The van der Waals surface area contributed by atoms with Crippen molar-refractivity contribution in [3.8, 4) is 5.75 Å². The van der Waals surface area contributed by atoms with Gasteiger partial charge >= 0.3 is 0 Å². The molecule has 3 atom stereocenters. The van der Waals surface area contributed by atoms with E-state index in [4.69, 9.17) is 14.2 Å². The van der Waals surface area contributed by atoms with Crippen molar-refractivity contribution in [2.24, 2.45) is 0 Å². The Morgan fingerprint density at radius 3 is 1.24 bits per heavy atom. The monoisotopic (exact) mass is 622 g/mol. The Morgan fingerprint density at radius 1 is 0.457 bits per heavy atom. The van der Waals surface area contributed by atoms with E-state index in [-0.39, 0.29) is 18.3 Å². The predicted molar refractivity (Wildman–Crippen MR) is 190 cm³/mol. The number of hydrogen-bond donors (Lipinski definition) is 1. The minimum Gasteiger partial charge on any atom is -0.508 e. The summed E-state index contributed by atoms with van der Waals surface area (Å²) in [6.07, 6.45) is 8.26. The van der Waals surface area contributed by atoms with E-state index in [0.717, 1.165) is 63.5 Å². The molecule has 4 aromatic rings. The van der Waals surface area contributed by atoms with E-state index in [2.05, 4.69) is 118 Å². The molecule has 0 radical (unpaired) electrons. The zero-order valence-corrected chi connectivity index (χ0v) is 28.2. The van der Waals surface area contributed by atoms with Crippen LogP contribution < -0.4 is 0 Å². The molecule has 3 unspecified atom stereocenters. The maximum atomic E-state index is 11.1. The molecule has 0 heterocycles. The lowest BCUT2D eigenvalue weighted by atomic mass is 9.90. The molecular formula is C42H54O4. The largest absolute Gasteiger partial charge is 0.508 e. The standard InChI is InChI=1S/C42H54O4/c1-33(44-27-13-22-36-16-7-4-8-17-36)30-39-25-26-42(43)41(32-35(3)46-29-15-24-38-20-11-6-12-21-38)40(39)31-34(2)45-28-14-23-37-18-9-5-10-19-37/h4-12,16-21,25-26,33-35,43H,13-15,22-24,27-32H2,1-3H3. The number of phenolic OH excluding ortho intramolecular Hbond substituents is 1. The van der Waals surface area contributed by atoms with E-state index >= 15 is 0 Å². The van der Waals surface area contributed by atoms with Gasteiger partial charge in [-0.15, -0.1) is 0 Å². The molecule has 1 N–H and O–H groups in total. The predicted octanol–water partition coefficient (Wildman–Crippen LogP) is 9.13. The first-order valence-corrected chi connectivity index (χ1v) is 17.3. The summed E-state index contributed by atoms with van der Waals surface area (Å²) in [5, 5.41) is 11.1. The van der Waals surface area contributed by atoms with Crippen LogP contribution in [0.1, 0.15) is 73.4 Å². The van der Waals surface area contributed by atoms with Gasteiger partial charge < -0.3 is 19.3 Å². The molecule has 0 amide bonds. The average Bonchev–Trinajstić information content (AvgIpc) is 3.08. The minimum absolute atomic E-state index is 0.00979. The van der Waals surface area contributed by atoms with Gasteiger partial charge in [0.15, 0.2) is 0 Å². The van der Waals surface area contributed by atoms with Crippen LogP contribution in [0.2, 0.25) is 0 Å². The zero-order valence-electron chi connectivity index (χ0n) is 28.2. The van der Waals surface area contributed by atoms with Gasteiger partial charge in [-0.3, -0.25) is 0 Å². The second-order valence-electron chi connectivity index (χ2n) is 12.6. The first kappa shape index (κ1) is 35.4. The molecule has 0 aromatic heterocycles. The Balaban J connectivity index is 1.35. The highest BCUT2D eigenvalue weighted by molar-refractivity contribution is 5.45. The molecule has 0 saturated carbocycles. The summed E-state index contributed by atoms with van der Waals surface area (Å²) >= 11 is 0. The van der Waals surface area contributed by atoms with Crippen molar-refractivity contribution >= 4 is 0 Å². The quantitative estimate of drug-likeness (QED) is 0.0942. The number of aryl methyl sites for hydroxylation is 3. The molecule has 4 rings (SSSR count). The second-order valence-corrected chi connectivity index (χ2v) is 12.6. The maximum absolute atomic E-state index is 11.1. The van der Waals surface area contributed by atoms with Crippen molar-refractivity contribution in [1.82, 2.24) is 0 Å². The van der Waals surface area contributed by atoms with Crippen molar-refractivity contribution in [3.63, 3.8) is 0 Å². The van der Waals surface area contributed by atoms with E-state index in [1.165, 1.54) is 27.8 Å². The second kappa shape index (κ2) is 19.9. The van der Waals surface area contributed by atoms with Gasteiger partial charge in [-0.25, -0.2) is 0 Å². The SMILES string of the molecule is CC(Cc1ccc(O)c(CC(C)OCCCc2ccccc2)c1CC(C)OCCCc1ccccc1)OCCCc1ccccc1. The Labute approximate surface area is 277 Å². The Hall–Kier alpha value is -3.44. The van der Waals surface area contributed by atoms with E-state index in [1.54, 1.807) is 0 Å². The van der Waals surface area contributed by atoms with Crippen LogP contribution in [0, 0.1) is 0 Å². The highest BCUT2D eigenvalue weighted by Gasteiger charge is 2.20. The molecule has 0 aliphatic carbocycles. The molecule has 4 nitrogen and oxygen atoms in total. The van der Waals surface area contributed by atoms with Crippen LogP contribution in [0.5, 0.6) is 5.75 Å². The van der Waals surface area contributed by atoms with Crippen molar-refractivity contribution in [2.45, 2.75) is 96.9 Å². The summed E-state index contributed by atoms with van der Waals surface area (Å²) in [5.74, 6) is 0.339. The van der Waals surface area contributed by atoms with E-state index in [0.29, 0.717) is 25.4 Å². The summed E-state index contributed by atoms with van der Waals surface area (Å²) < 4.78 is 18.9. The van der Waals surface area contributed by atoms with Gasteiger partial charge in [-0.05, 0) is 112 Å². The molecule has 246 valence electrons. The number of aromatic hydroxyl groups is 1. The van der Waals surface area contributed by atoms with Gasteiger partial charge in [-0.2, -0.15) is 0 Å². The van der Waals surface area contributed by atoms with Crippen molar-refractivity contribution in [3.05, 3.63) is 137 Å². The third kappa shape index (κ3) is 12.7. The molecule has 0 aliphatic heterocycles. The molecule has 0 fully saturated rings. The van der Waals surface area contributed by atoms with Crippen LogP contribution in [-0.4, -0.2) is 43.2 Å². The lowest BCUT2D eigenvalue weighted by molar-refractivity contribution is 0.0587. The molecule has 4 heteroatoms. The molecule has 4 aromatic carbocycles. The molecule has 0 saturated heterocycles. The van der Waals surface area contributed by atoms with Gasteiger partial charge in [-0.1, -0.05) is 97.1 Å². The third-order valence-corrected chi connectivity index (χ3v) is 8.56. The van der Waals surface area contributed by atoms with Crippen LogP contribution >= 0.6 is 0 Å². The fourth-order valence-electron chi connectivity index (χ4n) is 6.08. The lowest BCUT2D eigenvalue weighted by Gasteiger charge is -2.24. The zero-order chi connectivity index (χ0) is 32.4. The summed E-state index contributed by atoms with van der Waals surface area (Å²) in [4.78, 5) is 0. The lowest BCUT2D eigenvalue weighted by Crippen LogP contribution is -2.21. The van der Waals surface area contributed by atoms with Crippen molar-refractivity contribution in [2.75, 3.05) is 19.8 Å². The van der Waals surface area contributed by atoms with Gasteiger partial charge in [0.25, 0.3) is 0 Å². The smallest absolute Gasteiger partial charge is 0.119 e. The summed E-state index contributed by atoms with van der Waals surface area (Å²) in [6.45, 7) is 8.54. The van der Waals surface area contributed by atoms with E-state index < -0.39 is 0 Å². The third-order valence-electron chi connectivity index (χ3n) is 8.56. The topological polar surface area (TPSA) is 47.9 Å². The van der Waals surface area contributed by atoms with Crippen molar-refractivity contribution < 1.29 is 19.3 Å². The van der Waals surface area contributed by atoms with Crippen LogP contribution in [0.3, 0.4) is 0 Å². The number of phenols is 1. The molecule has 0 bridgehead atoms. The van der Waals surface area contributed by atoms with Gasteiger partial charge in [0.05, 0.1) is 18.3 Å². The van der Waals surface area contributed by atoms with Gasteiger partial charge in [0.1, 0.15) is 5.75 Å². The fourth-order valence-corrected chi connectivity index (χ4v) is 6.08.